The lowest BCUT2D eigenvalue weighted by molar-refractivity contribution is 0.0949. The molecule has 2 aromatic carbocycles. The van der Waals surface area contributed by atoms with Gasteiger partial charge in [-0.25, -0.2) is 8.42 Å². The highest BCUT2D eigenvalue weighted by Crippen LogP contribution is 2.17. The van der Waals surface area contributed by atoms with Gasteiger partial charge in [-0.05, 0) is 71.8 Å². The first-order chi connectivity index (χ1) is 14.8. The molecule has 0 spiro atoms. The van der Waals surface area contributed by atoms with E-state index in [0.717, 1.165) is 16.8 Å². The highest BCUT2D eigenvalue weighted by atomic mass is 32.2. The average Bonchev–Trinajstić information content (AvgIpc) is 3.23. The first kappa shape index (κ1) is 22.6. The summed E-state index contributed by atoms with van der Waals surface area (Å²) >= 11 is 0. The van der Waals surface area contributed by atoms with E-state index in [-0.39, 0.29) is 17.3 Å². The number of nitrogens with one attached hydrogen (secondary N) is 1. The number of rotatable bonds is 8. The van der Waals surface area contributed by atoms with Crippen molar-refractivity contribution in [2.45, 2.75) is 39.1 Å². The van der Waals surface area contributed by atoms with Gasteiger partial charge in [-0.3, -0.25) is 4.79 Å². The van der Waals surface area contributed by atoms with E-state index in [4.69, 9.17) is 0 Å². The minimum Gasteiger partial charge on any atom is -0.345 e. The van der Waals surface area contributed by atoms with E-state index in [1.807, 2.05) is 32.0 Å². The van der Waals surface area contributed by atoms with E-state index in [0.29, 0.717) is 24.5 Å². The third kappa shape index (κ3) is 4.80. The molecule has 1 heterocycles. The number of benzene rings is 2. The van der Waals surface area contributed by atoms with Crippen LogP contribution in [-0.2, 0) is 16.6 Å². The fraction of sp³-hybridized carbons (Fsp3) is 0.333. The zero-order chi connectivity index (χ0) is 22.6. The first-order valence-electron chi connectivity index (χ1n) is 10.0. The van der Waals surface area contributed by atoms with Gasteiger partial charge in [0.05, 0.1) is 17.1 Å². The van der Waals surface area contributed by atoms with Crippen molar-refractivity contribution in [2.24, 2.45) is 0 Å². The average molecular weight is 443 g/mol. The molecule has 1 amide bonds. The van der Waals surface area contributed by atoms with E-state index < -0.39 is 10.0 Å². The van der Waals surface area contributed by atoms with Gasteiger partial charge < -0.3 is 5.32 Å². The van der Waals surface area contributed by atoms with Crippen LogP contribution in [0.15, 0.2) is 47.4 Å². The Bertz CT molecular complexity index is 1170. The van der Waals surface area contributed by atoms with Gasteiger partial charge in [0.2, 0.25) is 10.0 Å². The Hall–Kier alpha value is -3.11. The van der Waals surface area contributed by atoms with Crippen molar-refractivity contribution >= 4 is 15.9 Å². The molecule has 3 rings (SSSR count). The highest BCUT2D eigenvalue weighted by molar-refractivity contribution is 7.89. The van der Waals surface area contributed by atoms with Gasteiger partial charge in [-0.15, -0.1) is 5.10 Å². The minimum absolute atomic E-state index is 0.123. The van der Waals surface area contributed by atoms with Gasteiger partial charge in [0.25, 0.3) is 5.91 Å². The smallest absolute Gasteiger partial charge is 0.251 e. The number of amides is 1. The van der Waals surface area contributed by atoms with E-state index in [1.165, 1.54) is 28.6 Å². The summed E-state index contributed by atoms with van der Waals surface area (Å²) in [5, 5.41) is 14.5. The Balaban J connectivity index is 1.71. The van der Waals surface area contributed by atoms with E-state index in [1.54, 1.807) is 18.5 Å². The Morgan fingerprint density at radius 3 is 2.32 bits per heavy atom. The fourth-order valence-electron chi connectivity index (χ4n) is 3.13. The number of hydrogen-bond donors (Lipinski definition) is 1. The van der Waals surface area contributed by atoms with Crippen LogP contribution >= 0.6 is 0 Å². The van der Waals surface area contributed by atoms with Gasteiger partial charge in [0, 0.05) is 18.7 Å². The van der Waals surface area contributed by atoms with Gasteiger partial charge in [-0.2, -0.15) is 8.99 Å². The molecule has 31 heavy (non-hydrogen) atoms. The second-order valence-electron chi connectivity index (χ2n) is 7.07. The maximum Gasteiger partial charge on any atom is 0.251 e. The second-order valence-corrected chi connectivity index (χ2v) is 9.01. The van der Waals surface area contributed by atoms with Crippen LogP contribution in [-0.4, -0.2) is 51.9 Å². The number of nitrogens with zero attached hydrogens (tertiary/aromatic N) is 5. The molecule has 0 atom stereocenters. The van der Waals surface area contributed by atoms with Crippen LogP contribution in [0.4, 0.5) is 0 Å². The van der Waals surface area contributed by atoms with Gasteiger partial charge in [0.1, 0.15) is 0 Å². The lowest BCUT2D eigenvalue weighted by atomic mass is 10.1. The number of aromatic nitrogens is 4. The van der Waals surface area contributed by atoms with Gasteiger partial charge >= 0.3 is 0 Å². The Morgan fingerprint density at radius 2 is 1.71 bits per heavy atom. The predicted molar refractivity (Wildman–Crippen MR) is 116 cm³/mol. The van der Waals surface area contributed by atoms with Crippen molar-refractivity contribution in [3.05, 3.63) is 65.0 Å². The van der Waals surface area contributed by atoms with Crippen molar-refractivity contribution in [1.29, 1.82) is 0 Å². The number of hydrogen-bond acceptors (Lipinski definition) is 6. The zero-order valence-electron chi connectivity index (χ0n) is 18.0. The molecule has 1 aromatic heterocycles. The highest BCUT2D eigenvalue weighted by Gasteiger charge is 2.21. The Kier molecular flexibility index (Phi) is 6.81. The molecule has 9 nitrogen and oxygen atoms in total. The molecule has 0 aliphatic rings. The van der Waals surface area contributed by atoms with Crippen LogP contribution in [0.3, 0.4) is 0 Å². The first-order valence-corrected chi connectivity index (χ1v) is 11.4. The number of sulfonamides is 1. The molecule has 3 aromatic rings. The lowest BCUT2D eigenvalue weighted by Gasteiger charge is -2.18. The number of carbonyl (C=O) groups excluding carboxylic acids is 1. The van der Waals surface area contributed by atoms with Gasteiger partial charge in [-0.1, -0.05) is 19.9 Å². The molecule has 10 heteroatoms. The topological polar surface area (TPSA) is 110 Å². The van der Waals surface area contributed by atoms with Crippen LogP contribution in [0.25, 0.3) is 5.69 Å². The molecule has 0 radical (unpaired) electrons. The van der Waals surface area contributed by atoms with Crippen LogP contribution in [0.1, 0.15) is 41.2 Å². The standard InChI is InChI=1S/C21H26N6O3S/c1-5-26(6-2)31(29,30)19-11-8-17(9-12-19)21(28)22-14-20-23-24-25-27(20)18-10-7-15(3)16(4)13-18/h7-13H,5-6,14H2,1-4H3,(H,22,28). The Morgan fingerprint density at radius 1 is 1.03 bits per heavy atom. The molecule has 0 saturated carbocycles. The second kappa shape index (κ2) is 9.36. The summed E-state index contributed by atoms with van der Waals surface area (Å²) in [6, 6.07) is 11.8. The molecule has 0 aliphatic heterocycles. The maximum absolute atomic E-state index is 12.6. The number of tetrazole rings is 1. The van der Waals surface area contributed by atoms with Crippen molar-refractivity contribution in [2.75, 3.05) is 13.1 Å². The molecule has 0 unspecified atom stereocenters. The molecule has 0 saturated heterocycles. The fourth-order valence-corrected chi connectivity index (χ4v) is 4.58. The van der Waals surface area contributed by atoms with Crippen LogP contribution in [0.5, 0.6) is 0 Å². The van der Waals surface area contributed by atoms with E-state index in [9.17, 15) is 13.2 Å². The molecule has 0 aliphatic carbocycles. The summed E-state index contributed by atoms with van der Waals surface area (Å²) in [4.78, 5) is 12.7. The summed E-state index contributed by atoms with van der Waals surface area (Å²) < 4.78 is 28.1. The minimum atomic E-state index is -3.56. The van der Waals surface area contributed by atoms with Crippen molar-refractivity contribution in [3.8, 4) is 5.69 Å². The van der Waals surface area contributed by atoms with Crippen LogP contribution < -0.4 is 5.32 Å². The molecular weight excluding hydrogens is 416 g/mol. The molecule has 0 fully saturated rings. The summed E-state index contributed by atoms with van der Waals surface area (Å²) in [6.07, 6.45) is 0. The van der Waals surface area contributed by atoms with Crippen LogP contribution in [0.2, 0.25) is 0 Å². The molecule has 0 bridgehead atoms. The van der Waals surface area contributed by atoms with E-state index >= 15 is 0 Å². The summed E-state index contributed by atoms with van der Waals surface area (Å²) in [6.45, 7) is 8.50. The Labute approximate surface area is 182 Å². The number of carbonyl (C=O) groups is 1. The van der Waals surface area contributed by atoms with Crippen LogP contribution in [0, 0.1) is 13.8 Å². The third-order valence-electron chi connectivity index (χ3n) is 5.14. The van der Waals surface area contributed by atoms with Crippen molar-refractivity contribution < 1.29 is 13.2 Å². The summed E-state index contributed by atoms with van der Waals surface area (Å²) in [5.74, 6) is 0.138. The lowest BCUT2D eigenvalue weighted by Crippen LogP contribution is -2.30. The van der Waals surface area contributed by atoms with Crippen molar-refractivity contribution in [3.63, 3.8) is 0 Å². The summed E-state index contributed by atoms with van der Waals surface area (Å²) in [7, 11) is -3.56. The molecular formula is C21H26N6O3S. The largest absolute Gasteiger partial charge is 0.345 e. The van der Waals surface area contributed by atoms with Crippen molar-refractivity contribution in [1.82, 2.24) is 29.8 Å². The molecule has 1 N–H and O–H groups in total. The maximum atomic E-state index is 12.6. The predicted octanol–water partition coefficient (Wildman–Crippen LogP) is 2.24. The quantitative estimate of drug-likeness (QED) is 0.573. The third-order valence-corrected chi connectivity index (χ3v) is 7.20. The normalized spacial score (nSPS) is 11.6. The van der Waals surface area contributed by atoms with Gasteiger partial charge in [0.15, 0.2) is 5.82 Å². The molecule has 164 valence electrons. The summed E-state index contributed by atoms with van der Waals surface area (Å²) in [5.41, 5.74) is 3.44. The van der Waals surface area contributed by atoms with E-state index in [2.05, 4.69) is 20.8 Å². The zero-order valence-corrected chi connectivity index (χ0v) is 18.8. The SMILES string of the molecule is CCN(CC)S(=O)(=O)c1ccc(C(=O)NCc2nnnn2-c2ccc(C)c(C)c2)cc1. The number of aryl methyl sites for hydroxylation is 2. The monoisotopic (exact) mass is 442 g/mol.